The SMILES string of the molecule is CC(=O)OC[C@@H](OC(C)=O)[C@@H](OC(C)=O)[C@H](OC(C)=O)[C@H]1COC(C)(C)O1. The van der Waals surface area contributed by atoms with Crippen molar-refractivity contribution >= 4 is 23.9 Å². The number of rotatable bonds is 8. The molecule has 1 heterocycles. The van der Waals surface area contributed by atoms with E-state index in [1.807, 2.05) is 0 Å². The van der Waals surface area contributed by atoms with Crippen LogP contribution in [0.4, 0.5) is 0 Å². The van der Waals surface area contributed by atoms with Crippen molar-refractivity contribution in [1.82, 2.24) is 0 Å². The highest BCUT2D eigenvalue weighted by atomic mass is 16.8. The fourth-order valence-corrected chi connectivity index (χ4v) is 2.58. The van der Waals surface area contributed by atoms with Gasteiger partial charge in [-0.1, -0.05) is 0 Å². The van der Waals surface area contributed by atoms with Gasteiger partial charge in [-0.05, 0) is 13.8 Å². The average molecular weight is 390 g/mol. The Bertz CT molecular complexity index is 570. The predicted molar refractivity (Wildman–Crippen MR) is 88.2 cm³/mol. The van der Waals surface area contributed by atoms with E-state index in [-0.39, 0.29) is 6.61 Å². The molecule has 0 radical (unpaired) electrons. The van der Waals surface area contributed by atoms with E-state index in [0.29, 0.717) is 0 Å². The first-order chi connectivity index (χ1) is 12.4. The second-order valence-corrected chi connectivity index (χ2v) is 6.47. The Morgan fingerprint density at radius 1 is 0.926 bits per heavy atom. The largest absolute Gasteiger partial charge is 0.462 e. The van der Waals surface area contributed by atoms with Gasteiger partial charge in [0.1, 0.15) is 12.7 Å². The minimum absolute atomic E-state index is 0.0447. The number of hydrogen-bond acceptors (Lipinski definition) is 10. The fraction of sp³-hybridized carbons (Fsp3) is 0.765. The van der Waals surface area contributed by atoms with Crippen molar-refractivity contribution in [2.45, 2.75) is 71.7 Å². The van der Waals surface area contributed by atoms with Gasteiger partial charge in [-0.15, -0.1) is 0 Å². The van der Waals surface area contributed by atoms with Gasteiger partial charge in [-0.25, -0.2) is 0 Å². The monoisotopic (exact) mass is 390 g/mol. The van der Waals surface area contributed by atoms with Crippen molar-refractivity contribution in [2.24, 2.45) is 0 Å². The van der Waals surface area contributed by atoms with Gasteiger partial charge in [-0.3, -0.25) is 19.2 Å². The molecule has 0 aliphatic carbocycles. The van der Waals surface area contributed by atoms with Crippen LogP contribution in [0.5, 0.6) is 0 Å². The molecule has 0 aromatic rings. The molecule has 0 aromatic heterocycles. The first-order valence-corrected chi connectivity index (χ1v) is 8.38. The van der Waals surface area contributed by atoms with Gasteiger partial charge in [0.25, 0.3) is 0 Å². The predicted octanol–water partition coefficient (Wildman–Crippen LogP) is 0.496. The van der Waals surface area contributed by atoms with Crippen molar-refractivity contribution in [3.05, 3.63) is 0 Å². The molecule has 0 aromatic carbocycles. The third-order valence-electron chi connectivity index (χ3n) is 3.46. The molecular formula is C17H26O10. The summed E-state index contributed by atoms with van der Waals surface area (Å²) in [6.45, 7) is 7.61. The minimum Gasteiger partial charge on any atom is -0.462 e. The van der Waals surface area contributed by atoms with E-state index >= 15 is 0 Å². The van der Waals surface area contributed by atoms with Crippen LogP contribution >= 0.6 is 0 Å². The van der Waals surface area contributed by atoms with Crippen LogP contribution in [-0.2, 0) is 47.6 Å². The molecule has 4 atom stereocenters. The topological polar surface area (TPSA) is 124 Å². The van der Waals surface area contributed by atoms with E-state index in [1.165, 1.54) is 13.8 Å². The minimum atomic E-state index is -1.28. The number of carbonyl (C=O) groups is 4. The third-order valence-corrected chi connectivity index (χ3v) is 3.46. The summed E-state index contributed by atoms with van der Waals surface area (Å²) >= 11 is 0. The molecule has 10 nitrogen and oxygen atoms in total. The zero-order chi connectivity index (χ0) is 20.8. The molecule has 0 unspecified atom stereocenters. The van der Waals surface area contributed by atoms with Crippen molar-refractivity contribution in [2.75, 3.05) is 13.2 Å². The summed E-state index contributed by atoms with van der Waals surface area (Å²) in [5.41, 5.74) is 0. The second-order valence-electron chi connectivity index (χ2n) is 6.47. The van der Waals surface area contributed by atoms with E-state index in [1.54, 1.807) is 13.8 Å². The molecular weight excluding hydrogens is 364 g/mol. The molecule has 0 spiro atoms. The van der Waals surface area contributed by atoms with Crippen LogP contribution in [0.3, 0.4) is 0 Å². The third kappa shape index (κ3) is 7.92. The Morgan fingerprint density at radius 2 is 1.48 bits per heavy atom. The van der Waals surface area contributed by atoms with Crippen molar-refractivity contribution in [3.8, 4) is 0 Å². The summed E-state index contributed by atoms with van der Waals surface area (Å²) in [6, 6.07) is 0. The van der Waals surface area contributed by atoms with Crippen LogP contribution in [-0.4, -0.2) is 67.3 Å². The Hall–Kier alpha value is -2.20. The highest BCUT2D eigenvalue weighted by molar-refractivity contribution is 5.68. The number of hydrogen-bond donors (Lipinski definition) is 0. The average Bonchev–Trinajstić information content (AvgIpc) is 2.86. The Morgan fingerprint density at radius 3 is 1.89 bits per heavy atom. The zero-order valence-corrected chi connectivity index (χ0v) is 16.3. The molecule has 0 saturated carbocycles. The van der Waals surface area contributed by atoms with Gasteiger partial charge in [0.05, 0.1) is 6.61 Å². The van der Waals surface area contributed by atoms with Gasteiger partial charge in [0.15, 0.2) is 24.1 Å². The van der Waals surface area contributed by atoms with Crippen LogP contribution in [0, 0.1) is 0 Å². The first kappa shape index (κ1) is 22.8. The zero-order valence-electron chi connectivity index (χ0n) is 16.3. The standard InChI is InChI=1S/C17H26O10/c1-9(18)22-7-13(24-10(2)19)15(25-11(3)20)16(26-12(4)21)14-8-23-17(5,6)27-14/h13-16H,7-8H2,1-6H3/t13-,14-,15-,16-/m1/s1. The molecule has 1 rings (SSSR count). The maximum Gasteiger partial charge on any atom is 0.303 e. The van der Waals surface area contributed by atoms with Crippen LogP contribution in [0.1, 0.15) is 41.5 Å². The summed E-state index contributed by atoms with van der Waals surface area (Å²) in [4.78, 5) is 45.9. The van der Waals surface area contributed by atoms with Crippen molar-refractivity contribution < 1.29 is 47.6 Å². The maximum atomic E-state index is 11.6. The van der Waals surface area contributed by atoms with E-state index in [0.717, 1.165) is 13.8 Å². The molecule has 1 saturated heterocycles. The van der Waals surface area contributed by atoms with Gasteiger partial charge < -0.3 is 28.4 Å². The lowest BCUT2D eigenvalue weighted by Crippen LogP contribution is -2.53. The Kier molecular flexibility index (Phi) is 8.17. The van der Waals surface area contributed by atoms with Crippen LogP contribution < -0.4 is 0 Å². The van der Waals surface area contributed by atoms with E-state index < -0.39 is 60.7 Å². The molecule has 1 fully saturated rings. The highest BCUT2D eigenvalue weighted by Gasteiger charge is 2.47. The van der Waals surface area contributed by atoms with Crippen LogP contribution in [0.2, 0.25) is 0 Å². The van der Waals surface area contributed by atoms with E-state index in [2.05, 4.69) is 0 Å². The fourth-order valence-electron chi connectivity index (χ4n) is 2.58. The lowest BCUT2D eigenvalue weighted by atomic mass is 10.0. The van der Waals surface area contributed by atoms with E-state index in [9.17, 15) is 19.2 Å². The second kappa shape index (κ2) is 9.65. The van der Waals surface area contributed by atoms with Crippen LogP contribution in [0.25, 0.3) is 0 Å². The lowest BCUT2D eigenvalue weighted by Gasteiger charge is -2.34. The van der Waals surface area contributed by atoms with Crippen LogP contribution in [0.15, 0.2) is 0 Å². The molecule has 1 aliphatic heterocycles. The van der Waals surface area contributed by atoms with Gasteiger partial charge >= 0.3 is 23.9 Å². The van der Waals surface area contributed by atoms with E-state index in [4.69, 9.17) is 28.4 Å². The smallest absolute Gasteiger partial charge is 0.303 e. The normalized spacial score (nSPS) is 21.5. The number of carbonyl (C=O) groups excluding carboxylic acids is 4. The number of esters is 4. The molecule has 27 heavy (non-hydrogen) atoms. The van der Waals surface area contributed by atoms with Crippen molar-refractivity contribution in [3.63, 3.8) is 0 Å². The van der Waals surface area contributed by atoms with Gasteiger partial charge in [0, 0.05) is 27.7 Å². The lowest BCUT2D eigenvalue weighted by molar-refractivity contribution is -0.207. The quantitative estimate of drug-likeness (QED) is 0.427. The molecule has 0 bridgehead atoms. The molecule has 1 aliphatic rings. The maximum absolute atomic E-state index is 11.6. The summed E-state index contributed by atoms with van der Waals surface area (Å²) in [5.74, 6) is -3.65. The summed E-state index contributed by atoms with van der Waals surface area (Å²) in [5, 5.41) is 0. The summed E-state index contributed by atoms with van der Waals surface area (Å²) < 4.78 is 31.8. The van der Waals surface area contributed by atoms with Crippen molar-refractivity contribution in [1.29, 1.82) is 0 Å². The summed E-state index contributed by atoms with van der Waals surface area (Å²) in [6.07, 6.45) is -4.46. The highest BCUT2D eigenvalue weighted by Crippen LogP contribution is 2.29. The Balaban J connectivity index is 3.19. The first-order valence-electron chi connectivity index (χ1n) is 8.38. The van der Waals surface area contributed by atoms with Gasteiger partial charge in [-0.2, -0.15) is 0 Å². The number of ether oxygens (including phenoxy) is 6. The molecule has 0 N–H and O–H groups in total. The molecule has 154 valence electrons. The molecule has 10 heteroatoms. The molecule has 0 amide bonds. The van der Waals surface area contributed by atoms with Gasteiger partial charge in [0.2, 0.25) is 0 Å². The summed E-state index contributed by atoms with van der Waals surface area (Å²) in [7, 11) is 0. The Labute approximate surface area is 157 Å².